The van der Waals surface area contributed by atoms with Gasteiger partial charge >= 0.3 is 0 Å². The van der Waals surface area contributed by atoms with E-state index in [0.717, 1.165) is 4.90 Å². The lowest BCUT2D eigenvalue weighted by molar-refractivity contribution is 0.617. The first kappa shape index (κ1) is 11.7. The Balaban J connectivity index is 2.07. The van der Waals surface area contributed by atoms with Crippen molar-refractivity contribution in [3.8, 4) is 6.07 Å². The quantitative estimate of drug-likeness (QED) is 0.783. The molecule has 1 aromatic heterocycles. The van der Waals surface area contributed by atoms with Crippen LogP contribution in [0.3, 0.4) is 0 Å². The molecule has 0 amide bonds. The zero-order valence-electron chi connectivity index (χ0n) is 9.22. The lowest BCUT2D eigenvalue weighted by Gasteiger charge is -2.01. The summed E-state index contributed by atoms with van der Waals surface area (Å²) >= 11 is 1.52. The fourth-order valence-corrected chi connectivity index (χ4v) is 2.27. The van der Waals surface area contributed by atoms with Gasteiger partial charge in [-0.25, -0.2) is 4.39 Å². The second-order valence-corrected chi connectivity index (χ2v) is 4.61. The molecular formula is C12H10FN3S. The van der Waals surface area contributed by atoms with Crippen LogP contribution in [0.25, 0.3) is 0 Å². The molecule has 0 aliphatic heterocycles. The number of nitriles is 1. The Labute approximate surface area is 103 Å². The molecule has 0 spiro atoms. The summed E-state index contributed by atoms with van der Waals surface area (Å²) in [7, 11) is 1.84. The standard InChI is InChI=1S/C12H10FN3S/c1-16-7-11(6-15-16)17-8-10-3-2-9(5-14)4-12(10)13/h2-4,6-7H,8H2,1H3. The molecule has 0 bridgehead atoms. The molecule has 3 nitrogen and oxygen atoms in total. The van der Waals surface area contributed by atoms with Crippen molar-refractivity contribution in [1.82, 2.24) is 9.78 Å². The summed E-state index contributed by atoms with van der Waals surface area (Å²) in [6, 6.07) is 6.45. The van der Waals surface area contributed by atoms with Gasteiger partial charge in [0.2, 0.25) is 0 Å². The average Bonchev–Trinajstić information content (AvgIpc) is 2.73. The van der Waals surface area contributed by atoms with Crippen molar-refractivity contribution in [2.24, 2.45) is 7.05 Å². The van der Waals surface area contributed by atoms with Crippen molar-refractivity contribution < 1.29 is 4.39 Å². The van der Waals surface area contributed by atoms with Gasteiger partial charge in [0.1, 0.15) is 5.82 Å². The molecule has 17 heavy (non-hydrogen) atoms. The molecule has 2 aromatic rings. The van der Waals surface area contributed by atoms with Gasteiger partial charge in [0.25, 0.3) is 0 Å². The van der Waals surface area contributed by atoms with E-state index in [0.29, 0.717) is 16.9 Å². The molecule has 0 aliphatic rings. The van der Waals surface area contributed by atoms with Crippen molar-refractivity contribution in [2.45, 2.75) is 10.6 Å². The van der Waals surface area contributed by atoms with Crippen LogP contribution in [0.5, 0.6) is 0 Å². The molecule has 0 aliphatic carbocycles. The van der Waals surface area contributed by atoms with E-state index in [9.17, 15) is 4.39 Å². The molecule has 0 atom stereocenters. The number of aromatic nitrogens is 2. The van der Waals surface area contributed by atoms with E-state index in [2.05, 4.69) is 5.10 Å². The van der Waals surface area contributed by atoms with E-state index in [-0.39, 0.29) is 5.82 Å². The van der Waals surface area contributed by atoms with Crippen molar-refractivity contribution in [3.63, 3.8) is 0 Å². The third kappa shape index (κ3) is 2.86. The summed E-state index contributed by atoms with van der Waals surface area (Å²) in [5, 5.41) is 12.7. The monoisotopic (exact) mass is 247 g/mol. The Bertz CT molecular complexity index is 571. The highest BCUT2D eigenvalue weighted by Gasteiger charge is 2.05. The maximum atomic E-state index is 13.6. The van der Waals surface area contributed by atoms with Gasteiger partial charge < -0.3 is 0 Å². The Hall–Kier alpha value is -1.80. The number of hydrogen-bond donors (Lipinski definition) is 0. The fraction of sp³-hybridized carbons (Fsp3) is 0.167. The SMILES string of the molecule is Cn1cc(SCc2ccc(C#N)cc2F)cn1. The summed E-state index contributed by atoms with van der Waals surface area (Å²) < 4.78 is 15.3. The molecule has 0 radical (unpaired) electrons. The van der Waals surface area contributed by atoms with Crippen molar-refractivity contribution in [2.75, 3.05) is 0 Å². The van der Waals surface area contributed by atoms with E-state index >= 15 is 0 Å². The third-order valence-corrected chi connectivity index (χ3v) is 3.26. The summed E-state index contributed by atoms with van der Waals surface area (Å²) in [4.78, 5) is 0.997. The van der Waals surface area contributed by atoms with E-state index in [1.165, 1.54) is 17.8 Å². The lowest BCUT2D eigenvalue weighted by Crippen LogP contribution is -1.88. The minimum atomic E-state index is -0.333. The van der Waals surface area contributed by atoms with Crippen LogP contribution < -0.4 is 0 Å². The molecule has 0 saturated heterocycles. The highest BCUT2D eigenvalue weighted by molar-refractivity contribution is 7.98. The van der Waals surface area contributed by atoms with Crippen LogP contribution in [-0.2, 0) is 12.8 Å². The van der Waals surface area contributed by atoms with Crippen LogP contribution in [-0.4, -0.2) is 9.78 Å². The third-order valence-electron chi connectivity index (χ3n) is 2.26. The lowest BCUT2D eigenvalue weighted by atomic mass is 10.1. The zero-order valence-corrected chi connectivity index (χ0v) is 10.0. The maximum Gasteiger partial charge on any atom is 0.128 e. The predicted molar refractivity (Wildman–Crippen MR) is 63.9 cm³/mol. The number of halogens is 1. The van der Waals surface area contributed by atoms with E-state index in [4.69, 9.17) is 5.26 Å². The molecule has 0 saturated carbocycles. The van der Waals surface area contributed by atoms with Crippen LogP contribution in [0.4, 0.5) is 4.39 Å². The van der Waals surface area contributed by atoms with Crippen LogP contribution in [0.15, 0.2) is 35.5 Å². The van der Waals surface area contributed by atoms with Crippen molar-refractivity contribution in [1.29, 1.82) is 5.26 Å². The highest BCUT2D eigenvalue weighted by atomic mass is 32.2. The molecule has 1 heterocycles. The largest absolute Gasteiger partial charge is 0.275 e. The van der Waals surface area contributed by atoms with Gasteiger partial charge in [-0.2, -0.15) is 10.4 Å². The Kier molecular flexibility index (Phi) is 3.45. The molecule has 0 unspecified atom stereocenters. The molecule has 1 aromatic carbocycles. The average molecular weight is 247 g/mol. The van der Waals surface area contributed by atoms with Crippen LogP contribution in [0, 0.1) is 17.1 Å². The number of benzene rings is 1. The smallest absolute Gasteiger partial charge is 0.128 e. The van der Waals surface area contributed by atoms with Crippen LogP contribution in [0.1, 0.15) is 11.1 Å². The highest BCUT2D eigenvalue weighted by Crippen LogP contribution is 2.23. The maximum absolute atomic E-state index is 13.6. The molecule has 5 heteroatoms. The van der Waals surface area contributed by atoms with Gasteiger partial charge in [0.05, 0.1) is 17.8 Å². The number of nitrogens with zero attached hydrogens (tertiary/aromatic N) is 3. The molecule has 2 rings (SSSR count). The van der Waals surface area contributed by atoms with Gasteiger partial charge in [-0.1, -0.05) is 6.07 Å². The molecular weight excluding hydrogens is 237 g/mol. The van der Waals surface area contributed by atoms with Gasteiger partial charge in [0, 0.05) is 23.9 Å². The number of thioether (sulfide) groups is 1. The van der Waals surface area contributed by atoms with E-state index in [1.807, 2.05) is 19.3 Å². The van der Waals surface area contributed by atoms with Gasteiger partial charge in [-0.15, -0.1) is 11.8 Å². The van der Waals surface area contributed by atoms with Crippen LogP contribution in [0.2, 0.25) is 0 Å². The Morgan fingerprint density at radius 2 is 2.35 bits per heavy atom. The Morgan fingerprint density at radius 1 is 1.53 bits per heavy atom. The zero-order chi connectivity index (χ0) is 12.3. The Morgan fingerprint density at radius 3 is 2.94 bits per heavy atom. The first-order valence-electron chi connectivity index (χ1n) is 4.99. The number of hydrogen-bond acceptors (Lipinski definition) is 3. The first-order chi connectivity index (χ1) is 8.19. The van der Waals surface area contributed by atoms with Crippen LogP contribution >= 0.6 is 11.8 Å². The van der Waals surface area contributed by atoms with Gasteiger partial charge in [0.15, 0.2) is 0 Å². The van der Waals surface area contributed by atoms with E-state index in [1.54, 1.807) is 23.0 Å². The first-order valence-corrected chi connectivity index (χ1v) is 5.97. The summed E-state index contributed by atoms with van der Waals surface area (Å²) in [5.41, 5.74) is 0.940. The van der Waals surface area contributed by atoms with E-state index < -0.39 is 0 Å². The number of rotatable bonds is 3. The summed E-state index contributed by atoms with van der Waals surface area (Å²) in [6.07, 6.45) is 3.62. The normalized spacial score (nSPS) is 10.2. The minimum Gasteiger partial charge on any atom is -0.275 e. The van der Waals surface area contributed by atoms with Crippen molar-refractivity contribution in [3.05, 3.63) is 47.5 Å². The topological polar surface area (TPSA) is 41.6 Å². The molecule has 0 N–H and O–H groups in total. The van der Waals surface area contributed by atoms with Gasteiger partial charge in [-0.05, 0) is 17.7 Å². The summed E-state index contributed by atoms with van der Waals surface area (Å²) in [5.74, 6) is 0.198. The number of aryl methyl sites for hydroxylation is 1. The van der Waals surface area contributed by atoms with Crippen molar-refractivity contribution >= 4 is 11.8 Å². The predicted octanol–water partition coefficient (Wildman–Crippen LogP) is 2.72. The second-order valence-electron chi connectivity index (χ2n) is 3.56. The minimum absolute atomic E-state index is 0.333. The molecule has 0 fully saturated rings. The van der Waals surface area contributed by atoms with Gasteiger partial charge in [-0.3, -0.25) is 4.68 Å². The second kappa shape index (κ2) is 5.02. The summed E-state index contributed by atoms with van der Waals surface area (Å²) in [6.45, 7) is 0. The molecule has 86 valence electrons. The fourth-order valence-electron chi connectivity index (χ4n) is 1.37.